The number of nitrogens with zero attached hydrogens (tertiary/aromatic N) is 4. The Morgan fingerprint density at radius 2 is 1.80 bits per heavy atom. The van der Waals surface area contributed by atoms with Crippen LogP contribution in [0.1, 0.15) is 44.8 Å². The van der Waals surface area contributed by atoms with E-state index in [-0.39, 0.29) is 46.8 Å². The van der Waals surface area contributed by atoms with Gasteiger partial charge in [0.05, 0.1) is 12.2 Å². The number of nitriles is 1. The second-order valence-corrected chi connectivity index (χ2v) is 7.38. The van der Waals surface area contributed by atoms with E-state index in [1.54, 1.807) is 55.5 Å². The number of ether oxygens (including phenoxy) is 1. The number of pyridine rings is 1. The molecule has 0 amide bonds. The highest BCUT2D eigenvalue weighted by Gasteiger charge is 2.29. The van der Waals surface area contributed by atoms with Crippen molar-refractivity contribution in [3.8, 4) is 11.9 Å². The van der Waals surface area contributed by atoms with Gasteiger partial charge in [-0.2, -0.15) is 5.26 Å². The number of hydrogen-bond donors (Lipinski definition) is 2. The van der Waals surface area contributed by atoms with Gasteiger partial charge in [-0.05, 0) is 26.0 Å². The lowest BCUT2D eigenvalue weighted by molar-refractivity contribution is 0.0527. The van der Waals surface area contributed by atoms with E-state index in [1.807, 2.05) is 0 Å². The lowest BCUT2D eigenvalue weighted by atomic mass is 10.0. The van der Waals surface area contributed by atoms with Gasteiger partial charge in [0.25, 0.3) is 5.56 Å². The maximum atomic E-state index is 13.1. The number of azo groups is 1. The van der Waals surface area contributed by atoms with Crippen molar-refractivity contribution in [3.05, 3.63) is 87.2 Å². The fourth-order valence-electron chi connectivity index (χ4n) is 3.49. The maximum absolute atomic E-state index is 13.1. The first-order chi connectivity index (χ1) is 16.8. The predicted octanol–water partition coefficient (Wildman–Crippen LogP) is 3.71. The van der Waals surface area contributed by atoms with Gasteiger partial charge in [-0.1, -0.05) is 42.5 Å². The molecule has 1 unspecified atom stereocenters. The molecule has 0 aliphatic rings. The number of benzene rings is 2. The van der Waals surface area contributed by atoms with Gasteiger partial charge in [0.15, 0.2) is 11.5 Å². The van der Waals surface area contributed by atoms with Crippen LogP contribution in [0.15, 0.2) is 69.6 Å². The summed E-state index contributed by atoms with van der Waals surface area (Å²) in [6.07, 6.45) is 0. The zero-order chi connectivity index (χ0) is 25.5. The largest absolute Gasteiger partial charge is 0.493 e. The molecule has 2 aromatic carbocycles. The molecule has 0 saturated carbocycles. The van der Waals surface area contributed by atoms with E-state index in [2.05, 4.69) is 10.2 Å². The Morgan fingerprint density at radius 1 is 1.14 bits per heavy atom. The molecule has 35 heavy (non-hydrogen) atoms. The highest BCUT2D eigenvalue weighted by Crippen LogP contribution is 2.35. The van der Waals surface area contributed by atoms with Gasteiger partial charge in [-0.3, -0.25) is 14.2 Å². The molecule has 0 fully saturated rings. The van der Waals surface area contributed by atoms with Crippen LogP contribution in [0.3, 0.4) is 0 Å². The van der Waals surface area contributed by atoms with Gasteiger partial charge in [0, 0.05) is 17.7 Å². The van der Waals surface area contributed by atoms with Gasteiger partial charge in [-0.15, -0.1) is 10.2 Å². The van der Waals surface area contributed by atoms with Crippen molar-refractivity contribution >= 4 is 23.1 Å². The van der Waals surface area contributed by atoms with Crippen LogP contribution in [0.5, 0.6) is 5.88 Å². The minimum atomic E-state index is -1.29. The molecule has 3 aromatic rings. The Kier molecular flexibility index (Phi) is 7.86. The topological polar surface area (TPSA) is 160 Å². The second-order valence-electron chi connectivity index (χ2n) is 7.38. The second kappa shape index (κ2) is 11.0. The average molecular weight is 473 g/mol. The van der Waals surface area contributed by atoms with Gasteiger partial charge in [-0.25, -0.2) is 4.79 Å². The quantitative estimate of drug-likeness (QED) is 0.286. The fourth-order valence-corrected chi connectivity index (χ4v) is 3.49. The Morgan fingerprint density at radius 3 is 2.43 bits per heavy atom. The van der Waals surface area contributed by atoms with E-state index in [1.165, 1.54) is 19.1 Å². The van der Waals surface area contributed by atoms with E-state index in [9.17, 15) is 24.8 Å². The number of esters is 1. The van der Waals surface area contributed by atoms with Crippen molar-refractivity contribution in [1.82, 2.24) is 4.57 Å². The summed E-state index contributed by atoms with van der Waals surface area (Å²) in [5.41, 5.74) is 5.04. The van der Waals surface area contributed by atoms with Gasteiger partial charge in [0.2, 0.25) is 5.88 Å². The number of aromatic nitrogens is 1. The molecule has 0 spiro atoms. The number of aromatic hydroxyl groups is 1. The van der Waals surface area contributed by atoms with Crippen LogP contribution in [0.4, 0.5) is 11.4 Å². The molecule has 0 radical (unpaired) electrons. The average Bonchev–Trinajstić information content (AvgIpc) is 2.87. The van der Waals surface area contributed by atoms with Crippen molar-refractivity contribution in [1.29, 1.82) is 5.26 Å². The molecule has 0 aliphatic carbocycles. The van der Waals surface area contributed by atoms with Crippen LogP contribution in [-0.2, 0) is 4.74 Å². The first-order valence-corrected chi connectivity index (χ1v) is 10.7. The summed E-state index contributed by atoms with van der Waals surface area (Å²) < 4.78 is 5.78. The summed E-state index contributed by atoms with van der Waals surface area (Å²) >= 11 is 0. The van der Waals surface area contributed by atoms with E-state index in [0.717, 1.165) is 4.57 Å². The van der Waals surface area contributed by atoms with E-state index < -0.39 is 29.2 Å². The number of nitrogens with two attached hydrogens (primary N) is 1. The Bertz CT molecular complexity index is 1390. The zero-order valence-electron chi connectivity index (χ0n) is 19.1. The van der Waals surface area contributed by atoms with Crippen molar-refractivity contribution in [2.24, 2.45) is 16.0 Å². The van der Waals surface area contributed by atoms with Crippen molar-refractivity contribution in [2.75, 3.05) is 13.2 Å². The molecule has 0 bridgehead atoms. The fraction of sp³-hybridized carbons (Fsp3) is 0.200. The number of carbonyl (C=O) groups excluding carboxylic acids is 2. The summed E-state index contributed by atoms with van der Waals surface area (Å²) in [6.45, 7) is 2.93. The number of hydrogen-bond acceptors (Lipinski definition) is 9. The SMILES string of the molecule is CCOC(=O)c1ccccc1N=Nc1c(C)c(C#N)c(=O)n(C(CN)C(=O)c2ccccc2)c1O. The normalized spacial score (nSPS) is 11.7. The maximum Gasteiger partial charge on any atom is 0.340 e. The van der Waals surface area contributed by atoms with Gasteiger partial charge < -0.3 is 15.6 Å². The third-order valence-corrected chi connectivity index (χ3v) is 5.27. The molecule has 0 aliphatic heterocycles. The van der Waals surface area contributed by atoms with Crippen molar-refractivity contribution in [2.45, 2.75) is 19.9 Å². The van der Waals surface area contributed by atoms with E-state index >= 15 is 0 Å². The smallest absolute Gasteiger partial charge is 0.340 e. The van der Waals surface area contributed by atoms with Crippen LogP contribution in [0.2, 0.25) is 0 Å². The first kappa shape index (κ1) is 25.0. The van der Waals surface area contributed by atoms with Crippen molar-refractivity contribution < 1.29 is 19.4 Å². The molecule has 0 saturated heterocycles. The lowest BCUT2D eigenvalue weighted by Gasteiger charge is -2.20. The Labute approximate surface area is 200 Å². The third kappa shape index (κ3) is 5.00. The number of ketones is 1. The van der Waals surface area contributed by atoms with Crippen molar-refractivity contribution in [3.63, 3.8) is 0 Å². The minimum absolute atomic E-state index is 0.0616. The van der Waals surface area contributed by atoms with E-state index in [0.29, 0.717) is 0 Å². The van der Waals surface area contributed by atoms with Crippen LogP contribution in [-0.4, -0.2) is 34.6 Å². The van der Waals surface area contributed by atoms with Crippen LogP contribution in [0.25, 0.3) is 0 Å². The summed E-state index contributed by atoms with van der Waals surface area (Å²) in [4.78, 5) is 38.4. The molecular weight excluding hydrogens is 450 g/mol. The van der Waals surface area contributed by atoms with Crippen LogP contribution < -0.4 is 11.3 Å². The predicted molar refractivity (Wildman–Crippen MR) is 127 cm³/mol. The minimum Gasteiger partial charge on any atom is -0.493 e. The summed E-state index contributed by atoms with van der Waals surface area (Å²) in [6, 6.07) is 14.9. The highest BCUT2D eigenvalue weighted by atomic mass is 16.5. The van der Waals surface area contributed by atoms with E-state index in [4.69, 9.17) is 10.5 Å². The molecule has 1 aromatic heterocycles. The molecule has 1 heterocycles. The molecule has 3 rings (SSSR count). The molecule has 10 nitrogen and oxygen atoms in total. The zero-order valence-corrected chi connectivity index (χ0v) is 19.1. The molecule has 10 heteroatoms. The highest BCUT2D eigenvalue weighted by molar-refractivity contribution is 5.99. The number of carbonyl (C=O) groups is 2. The molecule has 178 valence electrons. The summed E-state index contributed by atoms with van der Waals surface area (Å²) in [7, 11) is 0. The van der Waals surface area contributed by atoms with Gasteiger partial charge >= 0.3 is 5.97 Å². The number of rotatable bonds is 8. The Hall–Kier alpha value is -4.62. The monoisotopic (exact) mass is 473 g/mol. The lowest BCUT2D eigenvalue weighted by Crippen LogP contribution is -2.36. The standard InChI is InChI=1S/C25H23N5O5/c1-3-35-25(34)17-11-7-8-12-19(17)28-29-21-15(2)18(13-26)23(32)30(24(21)33)20(14-27)22(31)16-9-5-4-6-10-16/h4-12,20,33H,3,14,27H2,1-2H3. The molecular formula is C25H23N5O5. The third-order valence-electron chi connectivity index (χ3n) is 5.27. The molecule has 3 N–H and O–H groups in total. The molecule has 1 atom stereocenters. The summed E-state index contributed by atoms with van der Waals surface area (Å²) in [5, 5.41) is 28.7. The Balaban J connectivity index is 2.18. The summed E-state index contributed by atoms with van der Waals surface area (Å²) in [5.74, 6) is -1.81. The number of Topliss-reactive ketones (excluding diaryl/α,β-unsaturated/α-hetero) is 1. The first-order valence-electron chi connectivity index (χ1n) is 10.7. The van der Waals surface area contributed by atoms with Crippen LogP contribution in [0, 0.1) is 18.3 Å². The van der Waals surface area contributed by atoms with Crippen LogP contribution >= 0.6 is 0 Å². The van der Waals surface area contributed by atoms with Gasteiger partial charge in [0.1, 0.15) is 23.4 Å².